The zero-order valence-electron chi connectivity index (χ0n) is 10.5. The fraction of sp³-hybridized carbons (Fsp3) is 0.417. The highest BCUT2D eigenvalue weighted by Gasteiger charge is 2.23. The van der Waals surface area contributed by atoms with Gasteiger partial charge in [0.15, 0.2) is 0 Å². The van der Waals surface area contributed by atoms with Crippen LogP contribution in [-0.4, -0.2) is 45.9 Å². The Morgan fingerprint density at radius 1 is 1.32 bits per heavy atom. The van der Waals surface area contributed by atoms with Crippen LogP contribution in [0, 0.1) is 0 Å². The van der Waals surface area contributed by atoms with Crippen molar-refractivity contribution in [1.82, 2.24) is 4.90 Å². The largest absolute Gasteiger partial charge is 0.310 e. The number of halogens is 1. The molecule has 5 nitrogen and oxygen atoms in total. The number of carbonyl (C=O) groups is 1. The molecule has 0 unspecified atom stereocenters. The van der Waals surface area contributed by atoms with Gasteiger partial charge in [0.2, 0.25) is 15.0 Å². The third kappa shape index (κ3) is 3.92. The highest BCUT2D eigenvalue weighted by molar-refractivity contribution is 8.13. The van der Waals surface area contributed by atoms with Crippen LogP contribution in [0.4, 0.5) is 5.69 Å². The Kier molecular flexibility index (Phi) is 4.13. The lowest BCUT2D eigenvalue weighted by Crippen LogP contribution is -2.48. The third-order valence-electron chi connectivity index (χ3n) is 2.97. The number of piperazine rings is 1. The molecule has 2 rings (SSSR count). The van der Waals surface area contributed by atoms with E-state index in [1.165, 1.54) is 0 Å². The summed E-state index contributed by atoms with van der Waals surface area (Å²) in [5, 5.41) is 0. The summed E-state index contributed by atoms with van der Waals surface area (Å²) in [7, 11) is 3.55. The number of carbonyl (C=O) groups excluding carboxylic acids is 1. The minimum Gasteiger partial charge on any atom is -0.310 e. The molecule has 0 N–H and O–H groups in total. The summed E-state index contributed by atoms with van der Waals surface area (Å²) < 4.78 is 22.1. The second-order valence-corrected chi connectivity index (χ2v) is 7.41. The van der Waals surface area contributed by atoms with Gasteiger partial charge in [-0.15, -0.1) is 0 Å². The topological polar surface area (TPSA) is 57.7 Å². The van der Waals surface area contributed by atoms with Gasteiger partial charge in [-0.3, -0.25) is 9.69 Å². The second kappa shape index (κ2) is 5.48. The first kappa shape index (κ1) is 14.3. The van der Waals surface area contributed by atoms with Crippen molar-refractivity contribution in [2.45, 2.75) is 5.75 Å². The highest BCUT2D eigenvalue weighted by Crippen LogP contribution is 2.20. The van der Waals surface area contributed by atoms with Crippen molar-refractivity contribution in [2.24, 2.45) is 0 Å². The fourth-order valence-electron chi connectivity index (χ4n) is 2.08. The van der Waals surface area contributed by atoms with Gasteiger partial charge in [-0.25, -0.2) is 8.42 Å². The minimum absolute atomic E-state index is 0.0135. The van der Waals surface area contributed by atoms with E-state index in [1.54, 1.807) is 29.2 Å². The third-order valence-corrected chi connectivity index (χ3v) is 3.98. The molecular formula is C12H15ClN2O3S. The Balaban J connectivity index is 2.21. The zero-order chi connectivity index (χ0) is 14.0. The molecule has 0 spiro atoms. The Bertz CT molecular complexity index is 588. The maximum atomic E-state index is 11.9. The van der Waals surface area contributed by atoms with Gasteiger partial charge in [0.05, 0.1) is 12.3 Å². The summed E-state index contributed by atoms with van der Waals surface area (Å²) in [4.78, 5) is 15.6. The average Bonchev–Trinajstić information content (AvgIpc) is 2.26. The van der Waals surface area contributed by atoms with E-state index >= 15 is 0 Å². The Hall–Kier alpha value is -1.11. The SMILES string of the molecule is CN1CCN(c2cccc(CS(=O)(=O)Cl)c2)C(=O)C1. The van der Waals surface area contributed by atoms with Crippen LogP contribution in [0.3, 0.4) is 0 Å². The van der Waals surface area contributed by atoms with Gasteiger partial charge in [0, 0.05) is 29.5 Å². The number of hydrogen-bond acceptors (Lipinski definition) is 4. The van der Waals surface area contributed by atoms with Crippen LogP contribution in [0.15, 0.2) is 24.3 Å². The molecule has 1 aliphatic rings. The molecule has 19 heavy (non-hydrogen) atoms. The van der Waals surface area contributed by atoms with Crippen molar-refractivity contribution in [1.29, 1.82) is 0 Å². The van der Waals surface area contributed by atoms with E-state index in [0.717, 1.165) is 12.2 Å². The van der Waals surface area contributed by atoms with Gasteiger partial charge in [-0.2, -0.15) is 0 Å². The normalized spacial score (nSPS) is 17.8. The van der Waals surface area contributed by atoms with Crippen molar-refractivity contribution < 1.29 is 13.2 Å². The second-order valence-electron chi connectivity index (χ2n) is 4.64. The average molecular weight is 303 g/mol. The molecular weight excluding hydrogens is 288 g/mol. The molecule has 0 aliphatic carbocycles. The van der Waals surface area contributed by atoms with Gasteiger partial charge in [-0.1, -0.05) is 12.1 Å². The Morgan fingerprint density at radius 2 is 2.05 bits per heavy atom. The first-order valence-electron chi connectivity index (χ1n) is 5.85. The summed E-state index contributed by atoms with van der Waals surface area (Å²) in [6.45, 7) is 1.77. The summed E-state index contributed by atoms with van der Waals surface area (Å²) >= 11 is 0. The molecule has 1 aromatic rings. The molecule has 0 radical (unpaired) electrons. The van der Waals surface area contributed by atoms with Gasteiger partial charge in [-0.05, 0) is 24.7 Å². The highest BCUT2D eigenvalue weighted by atomic mass is 35.7. The standard InChI is InChI=1S/C12H15ClN2O3S/c1-14-5-6-15(12(16)8-14)11-4-2-3-10(7-11)9-19(13,17)18/h2-4,7H,5-6,8-9H2,1H3. The molecule has 0 atom stereocenters. The van der Waals surface area contributed by atoms with Crippen molar-refractivity contribution >= 4 is 31.3 Å². The van der Waals surface area contributed by atoms with Crippen LogP contribution in [-0.2, 0) is 19.6 Å². The van der Waals surface area contributed by atoms with Crippen LogP contribution in [0.5, 0.6) is 0 Å². The molecule has 7 heteroatoms. The van der Waals surface area contributed by atoms with E-state index in [-0.39, 0.29) is 11.7 Å². The van der Waals surface area contributed by atoms with Gasteiger partial charge in [0.25, 0.3) is 0 Å². The lowest BCUT2D eigenvalue weighted by Gasteiger charge is -2.32. The molecule has 104 valence electrons. The molecule has 0 saturated carbocycles. The van der Waals surface area contributed by atoms with Gasteiger partial charge < -0.3 is 4.90 Å². The van der Waals surface area contributed by atoms with E-state index in [4.69, 9.17) is 10.7 Å². The maximum absolute atomic E-state index is 11.9. The number of amides is 1. The van der Waals surface area contributed by atoms with E-state index in [0.29, 0.717) is 18.7 Å². The first-order valence-corrected chi connectivity index (χ1v) is 8.33. The number of benzene rings is 1. The van der Waals surface area contributed by atoms with E-state index in [1.807, 2.05) is 11.9 Å². The predicted molar refractivity (Wildman–Crippen MR) is 74.8 cm³/mol. The zero-order valence-corrected chi connectivity index (χ0v) is 12.1. The predicted octanol–water partition coefficient (Wildman–Crippen LogP) is 1.03. The van der Waals surface area contributed by atoms with Crippen LogP contribution in [0.2, 0.25) is 0 Å². The van der Waals surface area contributed by atoms with Crippen molar-refractivity contribution in [3.63, 3.8) is 0 Å². The monoisotopic (exact) mass is 302 g/mol. The molecule has 1 heterocycles. The van der Waals surface area contributed by atoms with E-state index in [2.05, 4.69) is 0 Å². The van der Waals surface area contributed by atoms with Crippen molar-refractivity contribution in [3.8, 4) is 0 Å². The summed E-state index contributed by atoms with van der Waals surface area (Å²) in [5.41, 5.74) is 1.30. The van der Waals surface area contributed by atoms with Crippen molar-refractivity contribution in [3.05, 3.63) is 29.8 Å². The Morgan fingerprint density at radius 3 is 2.68 bits per heavy atom. The number of hydrogen-bond donors (Lipinski definition) is 0. The number of likely N-dealkylation sites (N-methyl/N-ethyl adjacent to an activating group) is 1. The van der Waals surface area contributed by atoms with E-state index < -0.39 is 9.05 Å². The van der Waals surface area contributed by atoms with Crippen LogP contribution in [0.25, 0.3) is 0 Å². The number of anilines is 1. The Labute approximate surface area is 117 Å². The smallest absolute Gasteiger partial charge is 0.241 e. The molecule has 0 aromatic heterocycles. The summed E-state index contributed by atoms with van der Waals surface area (Å²) in [6.07, 6.45) is 0. The molecule has 0 bridgehead atoms. The summed E-state index contributed by atoms with van der Waals surface area (Å²) in [5.74, 6) is -0.218. The van der Waals surface area contributed by atoms with E-state index in [9.17, 15) is 13.2 Å². The van der Waals surface area contributed by atoms with Crippen molar-refractivity contribution in [2.75, 3.05) is 31.6 Å². The molecule has 1 saturated heterocycles. The van der Waals surface area contributed by atoms with Gasteiger partial charge >= 0.3 is 0 Å². The van der Waals surface area contributed by atoms with Gasteiger partial charge in [0.1, 0.15) is 0 Å². The number of nitrogens with zero attached hydrogens (tertiary/aromatic N) is 2. The molecule has 1 aromatic carbocycles. The lowest BCUT2D eigenvalue weighted by molar-refractivity contribution is -0.120. The quantitative estimate of drug-likeness (QED) is 0.783. The number of rotatable bonds is 3. The molecule has 1 amide bonds. The maximum Gasteiger partial charge on any atom is 0.241 e. The van der Waals surface area contributed by atoms with Crippen LogP contribution < -0.4 is 4.90 Å². The summed E-state index contributed by atoms with van der Waals surface area (Å²) in [6, 6.07) is 6.92. The molecule has 1 fully saturated rings. The fourth-order valence-corrected chi connectivity index (χ4v) is 3.03. The molecule has 1 aliphatic heterocycles. The lowest BCUT2D eigenvalue weighted by atomic mass is 10.2. The van der Waals surface area contributed by atoms with Crippen LogP contribution >= 0.6 is 10.7 Å². The van der Waals surface area contributed by atoms with Crippen LogP contribution in [0.1, 0.15) is 5.56 Å². The minimum atomic E-state index is -3.59. The first-order chi connectivity index (χ1) is 8.85.